The van der Waals surface area contributed by atoms with Crippen molar-refractivity contribution in [1.29, 1.82) is 0 Å². The van der Waals surface area contributed by atoms with E-state index in [-0.39, 0.29) is 35.1 Å². The van der Waals surface area contributed by atoms with E-state index in [1.54, 1.807) is 38.5 Å². The molecule has 1 fully saturated rings. The molecule has 0 spiro atoms. The van der Waals surface area contributed by atoms with Gasteiger partial charge in [0.15, 0.2) is 9.84 Å². The molecule has 1 aliphatic rings. The van der Waals surface area contributed by atoms with Crippen LogP contribution in [-0.2, 0) is 9.84 Å². The van der Waals surface area contributed by atoms with E-state index in [0.29, 0.717) is 24.0 Å². The van der Waals surface area contributed by atoms with Gasteiger partial charge in [0.05, 0.1) is 45.7 Å². The van der Waals surface area contributed by atoms with E-state index in [1.165, 1.54) is 16.8 Å². The topological polar surface area (TPSA) is 144 Å². The zero-order valence-electron chi connectivity index (χ0n) is 23.7. The van der Waals surface area contributed by atoms with Crippen molar-refractivity contribution in [3.63, 3.8) is 0 Å². The van der Waals surface area contributed by atoms with Crippen LogP contribution >= 0.6 is 0 Å². The van der Waals surface area contributed by atoms with Gasteiger partial charge in [0, 0.05) is 24.5 Å². The summed E-state index contributed by atoms with van der Waals surface area (Å²) in [5, 5.41) is 9.71. The number of benzene rings is 1. The third kappa shape index (κ3) is 5.71. The van der Waals surface area contributed by atoms with Crippen LogP contribution in [-0.4, -0.2) is 57.5 Å². The molecule has 0 saturated heterocycles. The SMILES string of the molecule is CC(C)NC(=O)c1ccc(F)c(-c2ccc3cnc(Nc4cnccc4[C@H]4C[C@@H](N)[C@@H](S(C)(=O)=O)[C@@H](C)C4)n3n2)c1F. The molecule has 0 radical (unpaired) electrons. The molecule has 0 unspecified atom stereocenters. The number of pyridine rings is 1. The van der Waals surface area contributed by atoms with Gasteiger partial charge in [-0.05, 0) is 74.4 Å². The van der Waals surface area contributed by atoms with Crippen molar-refractivity contribution in [1.82, 2.24) is 24.9 Å². The van der Waals surface area contributed by atoms with E-state index in [9.17, 15) is 17.6 Å². The van der Waals surface area contributed by atoms with E-state index in [4.69, 9.17) is 5.73 Å². The number of hydrogen-bond acceptors (Lipinski definition) is 8. The molecule has 13 heteroatoms. The predicted octanol–water partition coefficient (Wildman–Crippen LogP) is 4.21. The minimum Gasteiger partial charge on any atom is -0.350 e. The highest BCUT2D eigenvalue weighted by molar-refractivity contribution is 7.91. The zero-order valence-corrected chi connectivity index (χ0v) is 24.5. The number of sulfone groups is 1. The fraction of sp³-hybridized carbons (Fsp3) is 0.379. The van der Waals surface area contributed by atoms with Crippen LogP contribution < -0.4 is 16.4 Å². The van der Waals surface area contributed by atoms with Gasteiger partial charge < -0.3 is 16.4 Å². The van der Waals surface area contributed by atoms with Crippen molar-refractivity contribution in [2.45, 2.75) is 56.9 Å². The Labute approximate surface area is 242 Å². The number of amides is 1. The van der Waals surface area contributed by atoms with Crippen LogP contribution in [0.25, 0.3) is 16.8 Å². The maximum atomic E-state index is 15.5. The van der Waals surface area contributed by atoms with E-state index >= 15 is 4.39 Å². The van der Waals surface area contributed by atoms with Gasteiger partial charge in [-0.1, -0.05) is 6.92 Å². The molecule has 10 nitrogen and oxygen atoms in total. The van der Waals surface area contributed by atoms with Crippen LogP contribution in [0.15, 0.2) is 48.9 Å². The number of anilines is 2. The van der Waals surface area contributed by atoms with Gasteiger partial charge in [-0.2, -0.15) is 9.61 Å². The Hall–Kier alpha value is -3.97. The molecule has 0 aliphatic heterocycles. The zero-order chi connectivity index (χ0) is 30.3. The number of hydrogen-bond donors (Lipinski definition) is 3. The van der Waals surface area contributed by atoms with E-state index in [2.05, 4.69) is 25.7 Å². The summed E-state index contributed by atoms with van der Waals surface area (Å²) < 4.78 is 56.5. The molecule has 1 saturated carbocycles. The number of nitrogens with two attached hydrogens (primary N) is 1. The van der Waals surface area contributed by atoms with Crippen molar-refractivity contribution in [3.05, 3.63) is 71.7 Å². The van der Waals surface area contributed by atoms with Crippen molar-refractivity contribution in [2.24, 2.45) is 11.7 Å². The number of aromatic nitrogens is 4. The molecule has 4 aromatic rings. The Morgan fingerprint density at radius 2 is 1.88 bits per heavy atom. The van der Waals surface area contributed by atoms with Crippen LogP contribution in [0.4, 0.5) is 20.4 Å². The smallest absolute Gasteiger partial charge is 0.254 e. The van der Waals surface area contributed by atoms with E-state index < -0.39 is 44.2 Å². The highest BCUT2D eigenvalue weighted by Gasteiger charge is 2.40. The lowest BCUT2D eigenvalue weighted by Crippen LogP contribution is -2.48. The Balaban J connectivity index is 1.49. The van der Waals surface area contributed by atoms with Crippen LogP contribution in [0.1, 0.15) is 55.5 Å². The largest absolute Gasteiger partial charge is 0.350 e. The Kier molecular flexibility index (Phi) is 7.99. The molecule has 4 N–H and O–H groups in total. The van der Waals surface area contributed by atoms with Crippen LogP contribution in [0, 0.1) is 17.6 Å². The van der Waals surface area contributed by atoms with Crippen LogP contribution in [0.2, 0.25) is 0 Å². The number of halogens is 2. The van der Waals surface area contributed by atoms with Gasteiger partial charge in [0.25, 0.3) is 5.91 Å². The standard InChI is InChI=1S/C29H33F2N7O3S/c1-15(2)35-28(39)20-6-7-21(30)25(26(20)31)23-8-5-18-13-34-29(38(18)37-23)36-24-14-33-10-9-19(24)17-11-16(3)27(22(32)12-17)42(4,40)41/h5-10,13-17,22,27H,11-12,32H2,1-4H3,(H,34,36)(H,35,39)/t16-,17+,22+,27-/m0/s1. The first-order valence-electron chi connectivity index (χ1n) is 13.6. The number of carbonyl (C=O) groups is 1. The summed E-state index contributed by atoms with van der Waals surface area (Å²) in [7, 11) is -3.30. The van der Waals surface area contributed by atoms with Gasteiger partial charge in [-0.3, -0.25) is 9.78 Å². The van der Waals surface area contributed by atoms with Gasteiger partial charge >= 0.3 is 0 Å². The first-order chi connectivity index (χ1) is 19.8. The van der Waals surface area contributed by atoms with Crippen molar-refractivity contribution < 1.29 is 22.0 Å². The number of nitrogens with one attached hydrogen (secondary N) is 2. The van der Waals surface area contributed by atoms with E-state index in [1.807, 2.05) is 13.0 Å². The maximum Gasteiger partial charge on any atom is 0.254 e. The summed E-state index contributed by atoms with van der Waals surface area (Å²) in [4.78, 5) is 21.2. The fourth-order valence-electron chi connectivity index (χ4n) is 5.95. The minimum absolute atomic E-state index is 0.0250. The van der Waals surface area contributed by atoms with Gasteiger partial charge in [-0.15, -0.1) is 0 Å². The molecular formula is C29H33F2N7O3S. The lowest BCUT2D eigenvalue weighted by molar-refractivity contribution is 0.0939. The summed E-state index contributed by atoms with van der Waals surface area (Å²) in [6.07, 6.45) is 7.18. The molecule has 1 aromatic carbocycles. The number of fused-ring (bicyclic) bond motifs is 1. The summed E-state index contributed by atoms with van der Waals surface area (Å²) in [6.45, 7) is 5.39. The lowest BCUT2D eigenvalue weighted by Gasteiger charge is -2.38. The third-order valence-corrected chi connectivity index (χ3v) is 9.43. The summed E-state index contributed by atoms with van der Waals surface area (Å²) in [5.74, 6) is -2.43. The molecule has 1 aliphatic carbocycles. The molecule has 3 aromatic heterocycles. The molecule has 3 heterocycles. The van der Waals surface area contributed by atoms with Crippen LogP contribution in [0.5, 0.6) is 0 Å². The predicted molar refractivity (Wildman–Crippen MR) is 156 cm³/mol. The fourth-order valence-corrected chi connectivity index (χ4v) is 7.65. The molecule has 1 amide bonds. The monoisotopic (exact) mass is 597 g/mol. The first kappa shape index (κ1) is 29.5. The van der Waals surface area contributed by atoms with Crippen LogP contribution in [0.3, 0.4) is 0 Å². The van der Waals surface area contributed by atoms with Crippen molar-refractivity contribution in [3.8, 4) is 11.3 Å². The summed E-state index contributed by atoms with van der Waals surface area (Å²) in [5.41, 5.74) is 7.71. The second-order valence-electron chi connectivity index (χ2n) is 11.2. The van der Waals surface area contributed by atoms with Gasteiger partial charge in [-0.25, -0.2) is 22.2 Å². The highest BCUT2D eigenvalue weighted by Crippen LogP contribution is 2.41. The van der Waals surface area contributed by atoms with Gasteiger partial charge in [0.1, 0.15) is 11.6 Å². The molecule has 0 bridgehead atoms. The number of nitrogens with zero attached hydrogens (tertiary/aromatic N) is 4. The summed E-state index contributed by atoms with van der Waals surface area (Å²) >= 11 is 0. The quantitative estimate of drug-likeness (QED) is 0.288. The van der Waals surface area contributed by atoms with Gasteiger partial charge in [0.2, 0.25) is 5.95 Å². The number of rotatable bonds is 7. The Bertz CT molecular complexity index is 1750. The average molecular weight is 598 g/mol. The Morgan fingerprint density at radius 3 is 2.57 bits per heavy atom. The number of carbonyl (C=O) groups excluding carboxylic acids is 1. The molecule has 222 valence electrons. The molecule has 5 rings (SSSR count). The normalized spacial score (nSPS) is 21.0. The number of imidazole rings is 1. The first-order valence-corrected chi connectivity index (χ1v) is 15.6. The van der Waals surface area contributed by atoms with E-state index in [0.717, 1.165) is 17.7 Å². The third-order valence-electron chi connectivity index (χ3n) is 7.63. The molecular weight excluding hydrogens is 564 g/mol. The highest BCUT2D eigenvalue weighted by atomic mass is 32.2. The minimum atomic E-state index is -3.30. The lowest BCUT2D eigenvalue weighted by atomic mass is 9.76. The second-order valence-corrected chi connectivity index (χ2v) is 13.4. The molecule has 4 atom stereocenters. The average Bonchev–Trinajstić information content (AvgIpc) is 3.29. The summed E-state index contributed by atoms with van der Waals surface area (Å²) in [6, 6.07) is 6.34. The maximum absolute atomic E-state index is 15.5. The molecule has 42 heavy (non-hydrogen) atoms. The second kappa shape index (κ2) is 11.4. The Morgan fingerprint density at radius 1 is 1.12 bits per heavy atom. The van der Waals surface area contributed by atoms with Crippen molar-refractivity contribution >= 4 is 32.9 Å². The van der Waals surface area contributed by atoms with Crippen molar-refractivity contribution in [2.75, 3.05) is 11.6 Å².